The molecule has 2 rings (SSSR count). The summed E-state index contributed by atoms with van der Waals surface area (Å²) in [6.45, 7) is 3.68. The molecule has 7 heteroatoms. The maximum Gasteiger partial charge on any atom is 0.290 e. The molecule has 0 N–H and O–H groups in total. The molecule has 0 aliphatic carbocycles. The number of nitrogens with zero attached hydrogens (tertiary/aromatic N) is 5. The third-order valence-corrected chi connectivity index (χ3v) is 3.39. The van der Waals surface area contributed by atoms with Gasteiger partial charge in [-0.15, -0.1) is 0 Å². The van der Waals surface area contributed by atoms with Gasteiger partial charge in [0.1, 0.15) is 11.5 Å². The number of hydrogen-bond donors (Lipinski definition) is 0. The Bertz CT molecular complexity index is 637. The van der Waals surface area contributed by atoms with Crippen LogP contribution < -0.4 is 4.90 Å². The summed E-state index contributed by atoms with van der Waals surface area (Å²) in [5.41, 5.74) is 1.52. The van der Waals surface area contributed by atoms with Crippen molar-refractivity contribution in [2.24, 2.45) is 7.05 Å². The molecule has 0 unspecified atom stereocenters. The number of anilines is 1. The van der Waals surface area contributed by atoms with Crippen molar-refractivity contribution in [3.63, 3.8) is 0 Å². The van der Waals surface area contributed by atoms with Crippen LogP contribution in [0.25, 0.3) is 0 Å². The molecule has 0 aliphatic rings. The zero-order valence-electron chi connectivity index (χ0n) is 11.9. The van der Waals surface area contributed by atoms with Gasteiger partial charge in [0.15, 0.2) is 0 Å². The van der Waals surface area contributed by atoms with Crippen molar-refractivity contribution in [1.29, 1.82) is 0 Å². The molecule has 0 amide bonds. The first kappa shape index (κ1) is 14.0. The SMILES string of the molecule is Cc1nc(N(C)[C@@H](C)c2cnn(C)c2)ccc1[N+](=O)[O-]. The zero-order valence-corrected chi connectivity index (χ0v) is 11.9. The van der Waals surface area contributed by atoms with E-state index in [1.807, 2.05) is 32.1 Å². The Morgan fingerprint density at radius 3 is 2.65 bits per heavy atom. The molecule has 20 heavy (non-hydrogen) atoms. The molecule has 1 atom stereocenters. The van der Waals surface area contributed by atoms with Gasteiger partial charge >= 0.3 is 0 Å². The summed E-state index contributed by atoms with van der Waals surface area (Å²) < 4.78 is 1.74. The zero-order chi connectivity index (χ0) is 14.9. The third kappa shape index (κ3) is 2.61. The Hall–Kier alpha value is -2.44. The minimum absolute atomic E-state index is 0.0381. The number of aromatic nitrogens is 3. The topological polar surface area (TPSA) is 77.1 Å². The van der Waals surface area contributed by atoms with Gasteiger partial charge in [0, 0.05) is 31.9 Å². The fourth-order valence-corrected chi connectivity index (χ4v) is 2.01. The predicted molar refractivity (Wildman–Crippen MR) is 75.7 cm³/mol. The molecule has 2 aromatic heterocycles. The summed E-state index contributed by atoms with van der Waals surface area (Å²) in [4.78, 5) is 16.7. The summed E-state index contributed by atoms with van der Waals surface area (Å²) in [7, 11) is 3.77. The first-order chi connectivity index (χ1) is 9.40. The van der Waals surface area contributed by atoms with Crippen LogP contribution in [0.3, 0.4) is 0 Å². The van der Waals surface area contributed by atoms with E-state index in [9.17, 15) is 10.1 Å². The van der Waals surface area contributed by atoms with Gasteiger partial charge in [-0.2, -0.15) is 5.10 Å². The summed E-state index contributed by atoms with van der Waals surface area (Å²) in [6.07, 6.45) is 3.75. The van der Waals surface area contributed by atoms with Gasteiger partial charge in [-0.05, 0) is 19.9 Å². The molecule has 106 valence electrons. The Kier molecular flexibility index (Phi) is 3.69. The number of aryl methyl sites for hydroxylation is 2. The smallest absolute Gasteiger partial charge is 0.290 e. The second kappa shape index (κ2) is 5.28. The molecule has 0 aromatic carbocycles. The van der Waals surface area contributed by atoms with E-state index >= 15 is 0 Å². The first-order valence-electron chi connectivity index (χ1n) is 6.23. The molecule has 0 aliphatic heterocycles. The molecule has 0 saturated heterocycles. The average Bonchev–Trinajstić information content (AvgIpc) is 2.83. The molecule has 0 saturated carbocycles. The highest BCUT2D eigenvalue weighted by Gasteiger charge is 2.18. The monoisotopic (exact) mass is 275 g/mol. The minimum atomic E-state index is -0.420. The highest BCUT2D eigenvalue weighted by atomic mass is 16.6. The largest absolute Gasteiger partial charge is 0.353 e. The number of pyridine rings is 1. The van der Waals surface area contributed by atoms with Crippen LogP contribution in [0.2, 0.25) is 0 Å². The van der Waals surface area contributed by atoms with Crippen LogP contribution >= 0.6 is 0 Å². The molecular formula is C13H17N5O2. The lowest BCUT2D eigenvalue weighted by molar-refractivity contribution is -0.385. The average molecular weight is 275 g/mol. The second-order valence-electron chi connectivity index (χ2n) is 4.77. The second-order valence-corrected chi connectivity index (χ2v) is 4.77. The van der Waals surface area contributed by atoms with Crippen molar-refractivity contribution in [1.82, 2.24) is 14.8 Å². The Morgan fingerprint density at radius 1 is 1.45 bits per heavy atom. The van der Waals surface area contributed by atoms with Crippen LogP contribution in [0.4, 0.5) is 11.5 Å². The molecule has 0 radical (unpaired) electrons. The van der Waals surface area contributed by atoms with Crippen molar-refractivity contribution in [3.05, 3.63) is 45.9 Å². The van der Waals surface area contributed by atoms with E-state index in [4.69, 9.17) is 0 Å². The standard InChI is InChI=1S/C13H17N5O2/c1-9-12(18(19)20)5-6-13(15-9)17(4)10(2)11-7-14-16(3)8-11/h5-8,10H,1-4H3/t10-/m0/s1. The van der Waals surface area contributed by atoms with Gasteiger partial charge < -0.3 is 4.90 Å². The minimum Gasteiger partial charge on any atom is -0.353 e. The quantitative estimate of drug-likeness (QED) is 0.631. The molecule has 0 spiro atoms. The Balaban J connectivity index is 2.27. The van der Waals surface area contributed by atoms with Crippen molar-refractivity contribution in [3.8, 4) is 0 Å². The van der Waals surface area contributed by atoms with Gasteiger partial charge in [0.25, 0.3) is 5.69 Å². The molecule has 7 nitrogen and oxygen atoms in total. The number of nitro groups is 1. The van der Waals surface area contributed by atoms with Crippen LogP contribution in [0.15, 0.2) is 24.5 Å². The Labute approximate surface area is 117 Å². The normalized spacial score (nSPS) is 12.2. The van der Waals surface area contributed by atoms with E-state index in [0.29, 0.717) is 11.5 Å². The van der Waals surface area contributed by atoms with Gasteiger partial charge in [0.2, 0.25) is 0 Å². The van der Waals surface area contributed by atoms with Gasteiger partial charge in [-0.25, -0.2) is 4.98 Å². The maximum absolute atomic E-state index is 10.8. The fraction of sp³-hybridized carbons (Fsp3) is 0.385. The van der Waals surface area contributed by atoms with Crippen molar-refractivity contribution in [2.75, 3.05) is 11.9 Å². The third-order valence-electron chi connectivity index (χ3n) is 3.39. The van der Waals surface area contributed by atoms with Crippen molar-refractivity contribution >= 4 is 11.5 Å². The molecular weight excluding hydrogens is 258 g/mol. The van der Waals surface area contributed by atoms with Gasteiger partial charge in [0.05, 0.1) is 17.2 Å². The van der Waals surface area contributed by atoms with Crippen LogP contribution in [0.5, 0.6) is 0 Å². The number of hydrogen-bond acceptors (Lipinski definition) is 5. The van der Waals surface area contributed by atoms with Crippen LogP contribution in [-0.2, 0) is 7.05 Å². The van der Waals surface area contributed by atoms with E-state index in [1.54, 1.807) is 23.9 Å². The van der Waals surface area contributed by atoms with Crippen LogP contribution in [-0.4, -0.2) is 26.7 Å². The van der Waals surface area contributed by atoms with E-state index in [0.717, 1.165) is 5.56 Å². The van der Waals surface area contributed by atoms with E-state index in [-0.39, 0.29) is 11.7 Å². The van der Waals surface area contributed by atoms with Crippen molar-refractivity contribution in [2.45, 2.75) is 19.9 Å². The highest BCUT2D eigenvalue weighted by molar-refractivity contribution is 5.47. The van der Waals surface area contributed by atoms with E-state index < -0.39 is 4.92 Å². The lowest BCUT2D eigenvalue weighted by Crippen LogP contribution is -2.22. The molecule has 2 aromatic rings. The van der Waals surface area contributed by atoms with Gasteiger partial charge in [-0.3, -0.25) is 14.8 Å². The van der Waals surface area contributed by atoms with Gasteiger partial charge in [-0.1, -0.05) is 0 Å². The summed E-state index contributed by atoms with van der Waals surface area (Å²) in [5, 5.41) is 15.0. The summed E-state index contributed by atoms with van der Waals surface area (Å²) in [5.74, 6) is 0.699. The fourth-order valence-electron chi connectivity index (χ4n) is 2.01. The van der Waals surface area contributed by atoms with Crippen LogP contribution in [0.1, 0.15) is 24.2 Å². The summed E-state index contributed by atoms with van der Waals surface area (Å²) in [6, 6.07) is 3.24. The lowest BCUT2D eigenvalue weighted by Gasteiger charge is -2.25. The molecule has 0 bridgehead atoms. The van der Waals surface area contributed by atoms with E-state index in [1.165, 1.54) is 6.07 Å². The maximum atomic E-state index is 10.8. The van der Waals surface area contributed by atoms with E-state index in [2.05, 4.69) is 10.1 Å². The molecule has 0 fully saturated rings. The summed E-state index contributed by atoms with van der Waals surface area (Å²) >= 11 is 0. The molecule has 2 heterocycles. The van der Waals surface area contributed by atoms with Crippen molar-refractivity contribution < 1.29 is 4.92 Å². The first-order valence-corrected chi connectivity index (χ1v) is 6.23. The van der Waals surface area contributed by atoms with Crippen LogP contribution in [0, 0.1) is 17.0 Å². The predicted octanol–water partition coefficient (Wildman–Crippen LogP) is 2.23. The number of rotatable bonds is 4. The highest BCUT2D eigenvalue weighted by Crippen LogP contribution is 2.26. The lowest BCUT2D eigenvalue weighted by atomic mass is 10.1. The Morgan fingerprint density at radius 2 is 2.15 bits per heavy atom.